The van der Waals surface area contributed by atoms with Gasteiger partial charge < -0.3 is 15.8 Å². The topological polar surface area (TPSA) is 111 Å². The van der Waals surface area contributed by atoms with E-state index in [4.69, 9.17) is 10.5 Å². The van der Waals surface area contributed by atoms with Crippen molar-refractivity contribution in [3.05, 3.63) is 29.8 Å². The maximum atomic E-state index is 12.1. The third-order valence-corrected chi connectivity index (χ3v) is 5.19. The van der Waals surface area contributed by atoms with E-state index in [1.807, 2.05) is 6.92 Å². The Hall–Kier alpha value is -1.48. The van der Waals surface area contributed by atoms with E-state index in [1.165, 1.54) is 0 Å². The third kappa shape index (κ3) is 5.00. The summed E-state index contributed by atoms with van der Waals surface area (Å²) < 4.78 is 32.1. The van der Waals surface area contributed by atoms with Gasteiger partial charge in [-0.05, 0) is 31.9 Å². The molecular formula is C15H23N3O4S. The van der Waals surface area contributed by atoms with Gasteiger partial charge in [0.15, 0.2) is 0 Å². The second kappa shape index (κ2) is 7.87. The van der Waals surface area contributed by atoms with Gasteiger partial charge in [-0.1, -0.05) is 17.7 Å². The summed E-state index contributed by atoms with van der Waals surface area (Å²) in [4.78, 5) is 12.1. The molecule has 1 amide bonds. The minimum absolute atomic E-state index is 0.0641. The van der Waals surface area contributed by atoms with Crippen LogP contribution in [0.5, 0.6) is 0 Å². The maximum absolute atomic E-state index is 12.1. The minimum atomic E-state index is -3.56. The molecule has 8 heteroatoms. The number of nitrogens with two attached hydrogens (primary N) is 1. The largest absolute Gasteiger partial charge is 0.364 e. The molecule has 1 aromatic carbocycles. The summed E-state index contributed by atoms with van der Waals surface area (Å²) in [6, 6.07) is 6.58. The Labute approximate surface area is 136 Å². The van der Waals surface area contributed by atoms with Gasteiger partial charge in [-0.25, -0.2) is 13.1 Å². The number of ether oxygens (including phenoxy) is 1. The number of hydrogen-bond donors (Lipinski definition) is 3. The lowest BCUT2D eigenvalue weighted by molar-refractivity contribution is -0.131. The lowest BCUT2D eigenvalue weighted by Crippen LogP contribution is -2.40. The average Bonchev–Trinajstić information content (AvgIpc) is 3.01. The third-order valence-electron chi connectivity index (χ3n) is 3.71. The van der Waals surface area contributed by atoms with Crippen LogP contribution in [0, 0.1) is 6.92 Å². The fourth-order valence-electron chi connectivity index (χ4n) is 2.36. The Kier molecular flexibility index (Phi) is 6.11. The molecule has 4 N–H and O–H groups in total. The predicted octanol–water partition coefficient (Wildman–Crippen LogP) is -0.104. The Balaban J connectivity index is 1.74. The number of amides is 1. The highest BCUT2D eigenvalue weighted by molar-refractivity contribution is 7.89. The summed E-state index contributed by atoms with van der Waals surface area (Å²) in [6.07, 6.45) is 0.861. The van der Waals surface area contributed by atoms with E-state index in [0.29, 0.717) is 13.0 Å². The molecule has 0 saturated carbocycles. The lowest BCUT2D eigenvalue weighted by Gasteiger charge is -2.13. The summed E-state index contributed by atoms with van der Waals surface area (Å²) >= 11 is 0. The van der Waals surface area contributed by atoms with Gasteiger partial charge in [-0.15, -0.1) is 0 Å². The van der Waals surface area contributed by atoms with Gasteiger partial charge in [0.25, 0.3) is 0 Å². The van der Waals surface area contributed by atoms with Crippen molar-refractivity contribution < 1.29 is 17.9 Å². The molecule has 1 saturated heterocycles. The number of carbonyl (C=O) groups is 1. The van der Waals surface area contributed by atoms with Crippen molar-refractivity contribution in [3.8, 4) is 0 Å². The smallest absolute Gasteiger partial charge is 0.249 e. The number of aryl methyl sites for hydroxylation is 1. The van der Waals surface area contributed by atoms with Crippen LogP contribution < -0.4 is 15.8 Å². The molecule has 1 aliphatic rings. The van der Waals surface area contributed by atoms with E-state index in [-0.39, 0.29) is 30.0 Å². The number of sulfonamides is 1. The molecule has 2 rings (SSSR count). The molecule has 0 unspecified atom stereocenters. The van der Waals surface area contributed by atoms with Gasteiger partial charge in [-0.2, -0.15) is 0 Å². The van der Waals surface area contributed by atoms with Crippen LogP contribution in [0.4, 0.5) is 0 Å². The molecule has 1 aromatic rings. The van der Waals surface area contributed by atoms with E-state index in [0.717, 1.165) is 12.0 Å². The first-order valence-corrected chi connectivity index (χ1v) is 9.10. The predicted molar refractivity (Wildman–Crippen MR) is 86.3 cm³/mol. The summed E-state index contributed by atoms with van der Waals surface area (Å²) in [5, 5.41) is 2.67. The monoisotopic (exact) mass is 341 g/mol. The zero-order chi connectivity index (χ0) is 16.9. The number of rotatable bonds is 7. The van der Waals surface area contributed by atoms with Crippen molar-refractivity contribution in [3.63, 3.8) is 0 Å². The van der Waals surface area contributed by atoms with Crippen LogP contribution in [-0.4, -0.2) is 46.2 Å². The van der Waals surface area contributed by atoms with Gasteiger partial charge in [0.2, 0.25) is 15.9 Å². The van der Waals surface area contributed by atoms with Gasteiger partial charge in [0.1, 0.15) is 6.10 Å². The fraction of sp³-hybridized carbons (Fsp3) is 0.533. The van der Waals surface area contributed by atoms with E-state index in [2.05, 4.69) is 10.0 Å². The van der Waals surface area contributed by atoms with Crippen molar-refractivity contribution in [1.29, 1.82) is 0 Å². The van der Waals surface area contributed by atoms with Gasteiger partial charge >= 0.3 is 0 Å². The normalized spacial score (nSPS) is 21.3. The first-order chi connectivity index (χ1) is 10.9. The molecule has 0 spiro atoms. The minimum Gasteiger partial charge on any atom is -0.364 e. The van der Waals surface area contributed by atoms with Gasteiger partial charge in [0.05, 0.1) is 11.0 Å². The molecule has 0 aliphatic carbocycles. The summed E-state index contributed by atoms with van der Waals surface area (Å²) in [5.41, 5.74) is 6.49. The van der Waals surface area contributed by atoms with Crippen LogP contribution in [-0.2, 0) is 19.6 Å². The molecule has 1 fully saturated rings. The van der Waals surface area contributed by atoms with Gasteiger partial charge in [-0.3, -0.25) is 4.79 Å². The molecule has 0 bridgehead atoms. The standard InChI is InChI=1S/C15H23N3O4S/c1-11-2-5-13(6-3-11)23(20,21)18-9-8-17-15(19)14-7-4-12(10-16)22-14/h2-3,5-6,12,14,18H,4,7-10,16H2,1H3,(H,17,19)/t12-,14+/m1/s1. The molecule has 23 heavy (non-hydrogen) atoms. The highest BCUT2D eigenvalue weighted by atomic mass is 32.2. The van der Waals surface area contributed by atoms with Gasteiger partial charge in [0, 0.05) is 19.6 Å². The summed E-state index contributed by atoms with van der Waals surface area (Å²) in [5.74, 6) is -0.226. The van der Waals surface area contributed by atoms with E-state index in [1.54, 1.807) is 24.3 Å². The van der Waals surface area contributed by atoms with Crippen molar-refractivity contribution in [2.45, 2.75) is 36.9 Å². The molecule has 1 aliphatic heterocycles. The number of benzene rings is 1. The van der Waals surface area contributed by atoms with E-state index < -0.39 is 16.1 Å². The Morgan fingerprint density at radius 3 is 2.57 bits per heavy atom. The van der Waals surface area contributed by atoms with Crippen molar-refractivity contribution in [1.82, 2.24) is 10.0 Å². The fourth-order valence-corrected chi connectivity index (χ4v) is 3.39. The molecule has 0 aromatic heterocycles. The second-order valence-corrected chi connectivity index (χ2v) is 7.33. The first kappa shape index (κ1) is 17.9. The summed E-state index contributed by atoms with van der Waals surface area (Å²) in [6.45, 7) is 2.62. The second-order valence-electron chi connectivity index (χ2n) is 5.56. The Morgan fingerprint density at radius 2 is 1.96 bits per heavy atom. The van der Waals surface area contributed by atoms with E-state index in [9.17, 15) is 13.2 Å². The average molecular weight is 341 g/mol. The molecule has 2 atom stereocenters. The SMILES string of the molecule is Cc1ccc(S(=O)(=O)NCCNC(=O)[C@@H]2CC[C@H](CN)O2)cc1. The molecule has 1 heterocycles. The van der Waals surface area contributed by atoms with Crippen LogP contribution in [0.15, 0.2) is 29.2 Å². The highest BCUT2D eigenvalue weighted by Crippen LogP contribution is 2.18. The lowest BCUT2D eigenvalue weighted by atomic mass is 10.2. The van der Waals surface area contributed by atoms with Crippen molar-refractivity contribution in [2.75, 3.05) is 19.6 Å². The Bertz CT molecular complexity index is 631. The molecule has 0 radical (unpaired) electrons. The van der Waals surface area contributed by atoms with Crippen LogP contribution in [0.3, 0.4) is 0 Å². The summed E-state index contributed by atoms with van der Waals surface area (Å²) in [7, 11) is -3.56. The Morgan fingerprint density at radius 1 is 1.26 bits per heavy atom. The number of carbonyl (C=O) groups excluding carboxylic acids is 1. The zero-order valence-corrected chi connectivity index (χ0v) is 13.9. The van der Waals surface area contributed by atoms with Crippen LogP contribution in [0.25, 0.3) is 0 Å². The number of hydrogen-bond acceptors (Lipinski definition) is 5. The molecule has 7 nitrogen and oxygen atoms in total. The number of nitrogens with one attached hydrogen (secondary N) is 2. The first-order valence-electron chi connectivity index (χ1n) is 7.62. The van der Waals surface area contributed by atoms with Crippen LogP contribution >= 0.6 is 0 Å². The van der Waals surface area contributed by atoms with Crippen molar-refractivity contribution >= 4 is 15.9 Å². The highest BCUT2D eigenvalue weighted by Gasteiger charge is 2.29. The maximum Gasteiger partial charge on any atom is 0.249 e. The quantitative estimate of drug-likeness (QED) is 0.600. The molecule has 128 valence electrons. The van der Waals surface area contributed by atoms with Crippen LogP contribution in [0.2, 0.25) is 0 Å². The van der Waals surface area contributed by atoms with E-state index >= 15 is 0 Å². The molecular weight excluding hydrogens is 318 g/mol. The van der Waals surface area contributed by atoms with Crippen molar-refractivity contribution in [2.24, 2.45) is 5.73 Å². The zero-order valence-electron chi connectivity index (χ0n) is 13.1. The van der Waals surface area contributed by atoms with Crippen LogP contribution in [0.1, 0.15) is 18.4 Å².